The lowest BCUT2D eigenvalue weighted by Gasteiger charge is -2.19. The van der Waals surface area contributed by atoms with Crippen molar-refractivity contribution in [3.05, 3.63) is 33.3 Å². The molecule has 0 aliphatic carbocycles. The molecule has 17 heavy (non-hydrogen) atoms. The van der Waals surface area contributed by atoms with Gasteiger partial charge in [-0.3, -0.25) is 0 Å². The topological polar surface area (TPSA) is 15.3 Å². The molecule has 1 rings (SSSR count). The molecule has 0 heterocycles. The minimum atomic E-state index is 0.543. The Kier molecular flexibility index (Phi) is 6.49. The van der Waals surface area contributed by atoms with E-state index in [0.29, 0.717) is 6.04 Å². The SMILES string of the molecule is CC(C)NCCN(C)Cc1cc(Cl)ccc1Br. The van der Waals surface area contributed by atoms with Gasteiger partial charge in [0.05, 0.1) is 0 Å². The molecule has 0 radical (unpaired) electrons. The molecule has 0 bridgehead atoms. The maximum atomic E-state index is 5.99. The van der Waals surface area contributed by atoms with Gasteiger partial charge in [0.25, 0.3) is 0 Å². The molecule has 1 N–H and O–H groups in total. The molecule has 0 amide bonds. The van der Waals surface area contributed by atoms with Crippen molar-refractivity contribution in [1.29, 1.82) is 0 Å². The summed E-state index contributed by atoms with van der Waals surface area (Å²) in [4.78, 5) is 2.28. The van der Waals surface area contributed by atoms with Gasteiger partial charge in [-0.05, 0) is 30.8 Å². The molecule has 0 saturated carbocycles. The number of hydrogen-bond donors (Lipinski definition) is 1. The Bertz CT molecular complexity index is 355. The number of nitrogens with zero attached hydrogens (tertiary/aromatic N) is 1. The molecule has 0 fully saturated rings. The van der Waals surface area contributed by atoms with E-state index in [4.69, 9.17) is 11.6 Å². The van der Waals surface area contributed by atoms with Crippen LogP contribution in [-0.4, -0.2) is 31.1 Å². The molecular weight excluding hydrogens is 300 g/mol. The maximum absolute atomic E-state index is 5.99. The van der Waals surface area contributed by atoms with Crippen molar-refractivity contribution in [2.24, 2.45) is 0 Å². The lowest BCUT2D eigenvalue weighted by molar-refractivity contribution is 0.319. The van der Waals surface area contributed by atoms with E-state index in [0.717, 1.165) is 29.1 Å². The number of likely N-dealkylation sites (N-methyl/N-ethyl adjacent to an activating group) is 1. The summed E-state index contributed by atoms with van der Waals surface area (Å²) in [5, 5.41) is 4.20. The third kappa shape index (κ3) is 5.87. The standard InChI is InChI=1S/C13H20BrClN2/c1-10(2)16-6-7-17(3)9-11-8-12(15)4-5-13(11)14/h4-5,8,10,16H,6-7,9H2,1-3H3. The van der Waals surface area contributed by atoms with E-state index in [9.17, 15) is 0 Å². The minimum absolute atomic E-state index is 0.543. The summed E-state index contributed by atoms with van der Waals surface area (Å²) in [6.07, 6.45) is 0. The first kappa shape index (κ1) is 15.0. The average molecular weight is 320 g/mol. The molecule has 4 heteroatoms. The van der Waals surface area contributed by atoms with Crippen molar-refractivity contribution in [3.8, 4) is 0 Å². The molecule has 0 aliphatic rings. The minimum Gasteiger partial charge on any atom is -0.313 e. The normalized spacial score (nSPS) is 11.5. The second-order valence-corrected chi connectivity index (χ2v) is 5.87. The van der Waals surface area contributed by atoms with Crippen LogP contribution in [0.4, 0.5) is 0 Å². The average Bonchev–Trinajstić information content (AvgIpc) is 2.23. The Hall–Kier alpha value is -0.0900. The van der Waals surface area contributed by atoms with Crippen LogP contribution in [0, 0.1) is 0 Å². The van der Waals surface area contributed by atoms with Gasteiger partial charge < -0.3 is 10.2 Å². The van der Waals surface area contributed by atoms with Gasteiger partial charge in [-0.25, -0.2) is 0 Å². The van der Waals surface area contributed by atoms with Gasteiger partial charge in [0.2, 0.25) is 0 Å². The Morgan fingerprint density at radius 3 is 2.76 bits per heavy atom. The van der Waals surface area contributed by atoms with Crippen LogP contribution in [0.3, 0.4) is 0 Å². The van der Waals surface area contributed by atoms with Crippen molar-refractivity contribution in [3.63, 3.8) is 0 Å². The molecule has 1 aromatic carbocycles. The fraction of sp³-hybridized carbons (Fsp3) is 0.538. The zero-order valence-electron chi connectivity index (χ0n) is 10.6. The van der Waals surface area contributed by atoms with Crippen molar-refractivity contribution < 1.29 is 0 Å². The zero-order valence-corrected chi connectivity index (χ0v) is 13.0. The molecule has 0 aromatic heterocycles. The largest absolute Gasteiger partial charge is 0.313 e. The molecule has 2 nitrogen and oxygen atoms in total. The van der Waals surface area contributed by atoms with E-state index in [1.54, 1.807) is 0 Å². The fourth-order valence-corrected chi connectivity index (χ4v) is 2.15. The van der Waals surface area contributed by atoms with Crippen LogP contribution in [0.1, 0.15) is 19.4 Å². The highest BCUT2D eigenvalue weighted by Gasteiger charge is 2.05. The number of benzene rings is 1. The monoisotopic (exact) mass is 318 g/mol. The third-order valence-electron chi connectivity index (χ3n) is 2.49. The molecule has 0 saturated heterocycles. The van der Waals surface area contributed by atoms with Crippen LogP contribution in [0.5, 0.6) is 0 Å². The van der Waals surface area contributed by atoms with E-state index >= 15 is 0 Å². The summed E-state index contributed by atoms with van der Waals surface area (Å²) < 4.78 is 1.12. The van der Waals surface area contributed by atoms with Gasteiger partial charge in [-0.15, -0.1) is 0 Å². The fourth-order valence-electron chi connectivity index (χ4n) is 1.58. The Labute approximate surface area is 117 Å². The van der Waals surface area contributed by atoms with E-state index in [1.165, 1.54) is 5.56 Å². The van der Waals surface area contributed by atoms with E-state index < -0.39 is 0 Å². The van der Waals surface area contributed by atoms with E-state index in [1.807, 2.05) is 18.2 Å². The quantitative estimate of drug-likeness (QED) is 0.863. The summed E-state index contributed by atoms with van der Waals surface area (Å²) in [6.45, 7) is 7.26. The van der Waals surface area contributed by atoms with Gasteiger partial charge in [-0.2, -0.15) is 0 Å². The Balaban J connectivity index is 2.44. The van der Waals surface area contributed by atoms with Crippen LogP contribution < -0.4 is 5.32 Å². The molecule has 0 unspecified atom stereocenters. The van der Waals surface area contributed by atoms with E-state index in [-0.39, 0.29) is 0 Å². The van der Waals surface area contributed by atoms with Gasteiger partial charge in [0.15, 0.2) is 0 Å². The second kappa shape index (κ2) is 7.37. The van der Waals surface area contributed by atoms with E-state index in [2.05, 4.69) is 47.0 Å². The van der Waals surface area contributed by atoms with Crippen molar-refractivity contribution in [2.45, 2.75) is 26.4 Å². The zero-order chi connectivity index (χ0) is 12.8. The first-order valence-corrected chi connectivity index (χ1v) is 7.02. The van der Waals surface area contributed by atoms with Gasteiger partial charge in [0, 0.05) is 35.2 Å². The summed E-state index contributed by atoms with van der Waals surface area (Å²) in [7, 11) is 2.12. The van der Waals surface area contributed by atoms with Crippen molar-refractivity contribution in [2.75, 3.05) is 20.1 Å². The Morgan fingerprint density at radius 2 is 2.12 bits per heavy atom. The summed E-state index contributed by atoms with van der Waals surface area (Å²) in [5.41, 5.74) is 1.23. The molecule has 96 valence electrons. The van der Waals surface area contributed by atoms with Gasteiger partial charge >= 0.3 is 0 Å². The Morgan fingerprint density at radius 1 is 1.41 bits per heavy atom. The highest BCUT2D eigenvalue weighted by Crippen LogP contribution is 2.22. The van der Waals surface area contributed by atoms with Gasteiger partial charge in [-0.1, -0.05) is 41.4 Å². The number of rotatable bonds is 6. The predicted molar refractivity (Wildman–Crippen MR) is 78.6 cm³/mol. The van der Waals surface area contributed by atoms with Crippen LogP contribution in [0.25, 0.3) is 0 Å². The predicted octanol–water partition coefficient (Wildman–Crippen LogP) is 3.53. The number of nitrogens with one attached hydrogen (secondary N) is 1. The summed E-state index contributed by atoms with van der Waals surface area (Å²) in [6, 6.07) is 6.45. The number of hydrogen-bond acceptors (Lipinski definition) is 2. The highest BCUT2D eigenvalue weighted by molar-refractivity contribution is 9.10. The van der Waals surface area contributed by atoms with Crippen LogP contribution in [0.2, 0.25) is 5.02 Å². The highest BCUT2D eigenvalue weighted by atomic mass is 79.9. The smallest absolute Gasteiger partial charge is 0.0410 e. The maximum Gasteiger partial charge on any atom is 0.0410 e. The summed E-state index contributed by atoms with van der Waals surface area (Å²) in [5.74, 6) is 0. The molecule has 0 spiro atoms. The first-order valence-electron chi connectivity index (χ1n) is 5.85. The summed E-state index contributed by atoms with van der Waals surface area (Å²) >= 11 is 9.54. The molecular formula is C13H20BrClN2. The van der Waals surface area contributed by atoms with Crippen LogP contribution in [0.15, 0.2) is 22.7 Å². The second-order valence-electron chi connectivity index (χ2n) is 4.58. The first-order chi connectivity index (χ1) is 7.99. The van der Waals surface area contributed by atoms with Crippen molar-refractivity contribution >= 4 is 27.5 Å². The van der Waals surface area contributed by atoms with Gasteiger partial charge in [0.1, 0.15) is 0 Å². The van der Waals surface area contributed by atoms with Crippen molar-refractivity contribution in [1.82, 2.24) is 10.2 Å². The lowest BCUT2D eigenvalue weighted by atomic mass is 10.2. The van der Waals surface area contributed by atoms with Crippen LogP contribution >= 0.6 is 27.5 Å². The lowest BCUT2D eigenvalue weighted by Crippen LogP contribution is -2.32. The third-order valence-corrected chi connectivity index (χ3v) is 3.50. The molecule has 1 aromatic rings. The number of halogens is 2. The molecule has 0 aliphatic heterocycles. The molecule has 0 atom stereocenters. The van der Waals surface area contributed by atoms with Crippen LogP contribution in [-0.2, 0) is 6.54 Å².